The van der Waals surface area contributed by atoms with Crippen LogP contribution in [0.25, 0.3) is 0 Å². The highest BCUT2D eigenvalue weighted by molar-refractivity contribution is 7.89. The van der Waals surface area contributed by atoms with E-state index in [-0.39, 0.29) is 17.2 Å². The minimum absolute atomic E-state index is 0.0671. The van der Waals surface area contributed by atoms with Crippen LogP contribution in [0, 0.1) is 0 Å². The zero-order chi connectivity index (χ0) is 22.2. The fraction of sp³-hybridized carbons (Fsp3) is 0.696. The van der Waals surface area contributed by atoms with Crippen LogP contribution in [-0.2, 0) is 14.8 Å². The molecule has 31 heavy (non-hydrogen) atoms. The number of hydrogen-bond acceptors (Lipinski definition) is 5. The topological polar surface area (TPSA) is 73.0 Å². The maximum Gasteiger partial charge on any atom is 0.224 e. The molecule has 172 valence electrons. The van der Waals surface area contributed by atoms with Crippen molar-refractivity contribution in [2.45, 2.75) is 56.1 Å². The summed E-state index contributed by atoms with van der Waals surface area (Å²) in [6, 6.07) is 11.8. The summed E-state index contributed by atoms with van der Waals surface area (Å²) < 4.78 is 26.2. The second-order valence-corrected chi connectivity index (χ2v) is 11.9. The third-order valence-electron chi connectivity index (χ3n) is 7.31. The first-order valence-electron chi connectivity index (χ1n) is 11.5. The summed E-state index contributed by atoms with van der Waals surface area (Å²) in [5.74, 6) is 0.806. The molecule has 2 saturated heterocycles. The molecule has 2 atom stereocenters. The van der Waals surface area contributed by atoms with Crippen LogP contribution >= 0.6 is 0 Å². The molecule has 0 unspecified atom stereocenters. The van der Waals surface area contributed by atoms with Crippen molar-refractivity contribution in [3.8, 4) is 0 Å². The molecule has 2 heterocycles. The second-order valence-electron chi connectivity index (χ2n) is 9.65. The molecule has 2 aliphatic heterocycles. The van der Waals surface area contributed by atoms with Gasteiger partial charge in [-0.1, -0.05) is 30.3 Å². The highest BCUT2D eigenvalue weighted by Gasteiger charge is 2.53. The number of piperidine rings is 1. The van der Waals surface area contributed by atoms with Crippen molar-refractivity contribution in [3.63, 3.8) is 0 Å². The van der Waals surface area contributed by atoms with Crippen LogP contribution in [0.3, 0.4) is 0 Å². The lowest BCUT2D eigenvalue weighted by Gasteiger charge is -2.56. The molecule has 8 heteroatoms. The van der Waals surface area contributed by atoms with Crippen LogP contribution in [0.15, 0.2) is 30.3 Å². The summed E-state index contributed by atoms with van der Waals surface area (Å²) in [5, 5.41) is 3.84. The SMILES string of the molecule is CCS(=O)(=O)N1CC(CC(=O)N(C)C)(N2CCC(N[C@@H]3C[C@H]3c3ccccc3)CC2)C1. The number of sulfonamides is 1. The lowest BCUT2D eigenvalue weighted by atomic mass is 9.83. The highest BCUT2D eigenvalue weighted by atomic mass is 32.2. The van der Waals surface area contributed by atoms with Gasteiger partial charge in [0.2, 0.25) is 15.9 Å². The summed E-state index contributed by atoms with van der Waals surface area (Å²) in [7, 11) is 0.327. The average molecular weight is 449 g/mol. The number of carbonyl (C=O) groups excluding carboxylic acids is 1. The van der Waals surface area contributed by atoms with Gasteiger partial charge in [0.25, 0.3) is 0 Å². The monoisotopic (exact) mass is 448 g/mol. The molecule has 1 saturated carbocycles. The maximum absolute atomic E-state index is 12.5. The Bertz CT molecular complexity index is 875. The van der Waals surface area contributed by atoms with Gasteiger partial charge in [-0.2, -0.15) is 4.31 Å². The fourth-order valence-electron chi connectivity index (χ4n) is 5.12. The summed E-state index contributed by atoms with van der Waals surface area (Å²) in [4.78, 5) is 16.5. The molecule has 0 radical (unpaired) electrons. The zero-order valence-corrected chi connectivity index (χ0v) is 19.8. The Balaban J connectivity index is 1.33. The van der Waals surface area contributed by atoms with Gasteiger partial charge in [0.1, 0.15) is 0 Å². The van der Waals surface area contributed by atoms with Crippen molar-refractivity contribution in [2.24, 2.45) is 0 Å². The molecule has 0 aromatic heterocycles. The third kappa shape index (κ3) is 4.82. The Morgan fingerprint density at radius 1 is 1.16 bits per heavy atom. The van der Waals surface area contributed by atoms with Crippen LogP contribution in [0.5, 0.6) is 0 Å². The molecule has 1 amide bonds. The van der Waals surface area contributed by atoms with Gasteiger partial charge in [0.05, 0.1) is 11.3 Å². The number of carbonyl (C=O) groups is 1. The highest BCUT2D eigenvalue weighted by Crippen LogP contribution is 2.42. The van der Waals surface area contributed by atoms with Gasteiger partial charge >= 0.3 is 0 Å². The molecule has 1 aromatic carbocycles. The first-order valence-corrected chi connectivity index (χ1v) is 13.1. The van der Waals surface area contributed by atoms with Gasteiger partial charge < -0.3 is 10.2 Å². The number of benzene rings is 1. The minimum atomic E-state index is -3.21. The van der Waals surface area contributed by atoms with E-state index < -0.39 is 10.0 Å². The Morgan fingerprint density at radius 2 is 1.81 bits per heavy atom. The summed E-state index contributed by atoms with van der Waals surface area (Å²) in [6.07, 6.45) is 3.66. The summed E-state index contributed by atoms with van der Waals surface area (Å²) in [5.41, 5.74) is 1.06. The molecule has 1 aliphatic carbocycles. The van der Waals surface area contributed by atoms with Crippen LogP contribution in [0.2, 0.25) is 0 Å². The van der Waals surface area contributed by atoms with Crippen molar-refractivity contribution in [1.82, 2.24) is 19.4 Å². The molecule has 7 nitrogen and oxygen atoms in total. The Kier molecular flexibility index (Phi) is 6.45. The zero-order valence-electron chi connectivity index (χ0n) is 19.0. The number of rotatable bonds is 8. The van der Waals surface area contributed by atoms with E-state index in [1.165, 1.54) is 12.0 Å². The van der Waals surface area contributed by atoms with Crippen LogP contribution in [0.1, 0.15) is 44.1 Å². The van der Waals surface area contributed by atoms with Crippen molar-refractivity contribution in [1.29, 1.82) is 0 Å². The standard InChI is InChI=1S/C23H36N4O3S/c1-4-31(29,30)27-16-23(17-27,15-22(28)25(2)3)26-12-10-19(11-13-26)24-21-14-20(21)18-8-6-5-7-9-18/h5-9,19-21,24H,4,10-17H2,1-3H3/t20-,21+/m0/s1. The van der Waals surface area contributed by atoms with Crippen molar-refractivity contribution < 1.29 is 13.2 Å². The number of amides is 1. The van der Waals surface area contributed by atoms with Crippen LogP contribution in [-0.4, -0.2) is 92.1 Å². The molecule has 4 rings (SSSR count). The smallest absolute Gasteiger partial charge is 0.224 e. The Morgan fingerprint density at radius 3 is 2.39 bits per heavy atom. The molecular weight excluding hydrogens is 412 g/mol. The van der Waals surface area contributed by atoms with Crippen molar-refractivity contribution in [2.75, 3.05) is 46.0 Å². The van der Waals surface area contributed by atoms with E-state index >= 15 is 0 Å². The van der Waals surface area contributed by atoms with Crippen molar-refractivity contribution in [3.05, 3.63) is 35.9 Å². The molecule has 1 aromatic rings. The first-order chi connectivity index (χ1) is 14.7. The lowest BCUT2D eigenvalue weighted by molar-refractivity contribution is -0.135. The second kappa shape index (κ2) is 8.81. The number of nitrogens with one attached hydrogen (secondary N) is 1. The van der Waals surface area contributed by atoms with E-state index in [2.05, 4.69) is 40.5 Å². The predicted octanol–water partition coefficient (Wildman–Crippen LogP) is 1.48. The van der Waals surface area contributed by atoms with E-state index in [1.807, 2.05) is 0 Å². The van der Waals surface area contributed by atoms with Gasteiger partial charge in [-0.25, -0.2) is 8.42 Å². The summed E-state index contributed by atoms with van der Waals surface area (Å²) >= 11 is 0. The molecule has 3 fully saturated rings. The lowest BCUT2D eigenvalue weighted by Crippen LogP contribution is -2.73. The number of hydrogen-bond donors (Lipinski definition) is 1. The Labute approximate surface area is 186 Å². The minimum Gasteiger partial charge on any atom is -0.349 e. The summed E-state index contributed by atoms with van der Waals surface area (Å²) in [6.45, 7) is 4.35. The van der Waals surface area contributed by atoms with Crippen molar-refractivity contribution >= 4 is 15.9 Å². The molecule has 0 bridgehead atoms. The third-order valence-corrected chi connectivity index (χ3v) is 9.09. The van der Waals surface area contributed by atoms with Crippen LogP contribution in [0.4, 0.5) is 0 Å². The number of likely N-dealkylation sites (tertiary alicyclic amines) is 1. The molecule has 3 aliphatic rings. The molecule has 1 N–H and O–H groups in total. The molecular formula is C23H36N4O3S. The molecule has 0 spiro atoms. The van der Waals surface area contributed by atoms with Gasteiger partial charge in [-0.3, -0.25) is 9.69 Å². The van der Waals surface area contributed by atoms with Gasteiger partial charge in [0, 0.05) is 64.7 Å². The quantitative estimate of drug-likeness (QED) is 0.652. The van der Waals surface area contributed by atoms with Gasteiger partial charge in [-0.05, 0) is 31.7 Å². The largest absolute Gasteiger partial charge is 0.349 e. The van der Waals surface area contributed by atoms with E-state index in [0.717, 1.165) is 25.9 Å². The normalized spacial score (nSPS) is 26.9. The van der Waals surface area contributed by atoms with Gasteiger partial charge in [-0.15, -0.1) is 0 Å². The first kappa shape index (κ1) is 22.7. The fourth-order valence-corrected chi connectivity index (χ4v) is 6.36. The Hall–Kier alpha value is -1.48. The van der Waals surface area contributed by atoms with E-state index in [0.29, 0.717) is 37.5 Å². The predicted molar refractivity (Wildman–Crippen MR) is 122 cm³/mol. The van der Waals surface area contributed by atoms with Gasteiger partial charge in [0.15, 0.2) is 0 Å². The van der Waals surface area contributed by atoms with E-state index in [9.17, 15) is 13.2 Å². The number of nitrogens with zero attached hydrogens (tertiary/aromatic N) is 3. The average Bonchev–Trinajstić information content (AvgIpc) is 3.50. The van der Waals surface area contributed by atoms with E-state index in [4.69, 9.17) is 0 Å². The maximum atomic E-state index is 12.5. The van der Waals surface area contributed by atoms with Crippen LogP contribution < -0.4 is 5.32 Å². The van der Waals surface area contributed by atoms with E-state index in [1.54, 1.807) is 30.2 Å².